The molecule has 0 saturated carbocycles. The van der Waals surface area contributed by atoms with E-state index in [4.69, 9.17) is 0 Å². The van der Waals surface area contributed by atoms with Crippen LogP contribution < -0.4 is 9.80 Å². The molecule has 0 radical (unpaired) electrons. The van der Waals surface area contributed by atoms with Gasteiger partial charge in [-0.15, -0.1) is 0 Å². The molecule has 8 aromatic carbocycles. The lowest BCUT2D eigenvalue weighted by atomic mass is 9.89. The molecule has 0 aliphatic carbocycles. The second-order valence-electron chi connectivity index (χ2n) is 12.6. The van der Waals surface area contributed by atoms with Crippen molar-refractivity contribution in [1.29, 1.82) is 0 Å². The van der Waals surface area contributed by atoms with E-state index in [9.17, 15) is 0 Å². The number of hydrogen-bond donors (Lipinski definition) is 0. The van der Waals surface area contributed by atoms with Gasteiger partial charge in [-0.3, -0.25) is 0 Å². The van der Waals surface area contributed by atoms with E-state index in [1.807, 2.05) is 111 Å². The lowest BCUT2D eigenvalue weighted by Gasteiger charge is -2.33. The number of nitrogens with zero attached hydrogens (tertiary/aromatic N) is 2. The molecule has 66 heavy (non-hydrogen) atoms. The molecule has 8 aromatic rings. The van der Waals surface area contributed by atoms with Gasteiger partial charge < -0.3 is 9.80 Å². The van der Waals surface area contributed by atoms with Crippen molar-refractivity contribution >= 4 is 44.3 Å². The van der Waals surface area contributed by atoms with Gasteiger partial charge in [0.2, 0.25) is 0 Å². The maximum atomic E-state index is 2.50. The van der Waals surface area contributed by atoms with Crippen molar-refractivity contribution in [2.45, 2.75) is 125 Å². The second-order valence-corrected chi connectivity index (χ2v) is 12.6. The van der Waals surface area contributed by atoms with E-state index in [0.717, 1.165) is 13.1 Å². The van der Waals surface area contributed by atoms with Crippen LogP contribution in [-0.4, -0.2) is 13.1 Å². The fourth-order valence-electron chi connectivity index (χ4n) is 7.58. The van der Waals surface area contributed by atoms with E-state index in [1.165, 1.54) is 77.7 Å². The van der Waals surface area contributed by atoms with Gasteiger partial charge in [-0.2, -0.15) is 0 Å². The Kier molecular flexibility index (Phi) is 32.8. The summed E-state index contributed by atoms with van der Waals surface area (Å²) >= 11 is 0. The molecule has 0 N–H and O–H groups in total. The summed E-state index contributed by atoms with van der Waals surface area (Å²) < 4.78 is 0. The third-order valence-electron chi connectivity index (χ3n) is 9.84. The van der Waals surface area contributed by atoms with Gasteiger partial charge in [-0.05, 0) is 70.8 Å². The van der Waals surface area contributed by atoms with Crippen molar-refractivity contribution in [3.05, 3.63) is 182 Å². The number of rotatable bonds is 9. The van der Waals surface area contributed by atoms with Gasteiger partial charge in [0.1, 0.15) is 0 Å². The van der Waals surface area contributed by atoms with E-state index in [-0.39, 0.29) is 0 Å². The van der Waals surface area contributed by atoms with Crippen molar-refractivity contribution in [1.82, 2.24) is 0 Å². The highest BCUT2D eigenvalue weighted by Crippen LogP contribution is 2.50. The highest BCUT2D eigenvalue weighted by atomic mass is 15.1. The van der Waals surface area contributed by atoms with Crippen molar-refractivity contribution in [2.75, 3.05) is 22.9 Å². The summed E-state index contributed by atoms with van der Waals surface area (Å²) in [5.74, 6) is 0. The maximum Gasteiger partial charge on any atom is 0.0498 e. The Morgan fingerprint density at radius 3 is 0.848 bits per heavy atom. The fourth-order valence-corrected chi connectivity index (χ4v) is 7.58. The third-order valence-corrected chi connectivity index (χ3v) is 9.84. The molecule has 2 heteroatoms. The molecular formula is C64H88N2. The van der Waals surface area contributed by atoms with Crippen molar-refractivity contribution in [3.8, 4) is 33.4 Å². The van der Waals surface area contributed by atoms with Gasteiger partial charge in [-0.25, -0.2) is 0 Å². The smallest absolute Gasteiger partial charge is 0.0498 e. The zero-order chi connectivity index (χ0) is 49.9. The predicted molar refractivity (Wildman–Crippen MR) is 307 cm³/mol. The zero-order valence-corrected chi connectivity index (χ0v) is 44.6. The average Bonchev–Trinajstić information content (AvgIpc) is 3.44. The summed E-state index contributed by atoms with van der Waals surface area (Å²) in [5, 5.41) is 4.94. The van der Waals surface area contributed by atoms with Crippen molar-refractivity contribution in [3.63, 3.8) is 0 Å². The zero-order valence-electron chi connectivity index (χ0n) is 44.6. The molecule has 0 saturated heterocycles. The molecule has 2 nitrogen and oxygen atoms in total. The summed E-state index contributed by atoms with van der Waals surface area (Å²) in [6.07, 6.45) is 0. The van der Waals surface area contributed by atoms with E-state index in [1.54, 1.807) is 0 Å². The van der Waals surface area contributed by atoms with Gasteiger partial charge in [0.25, 0.3) is 0 Å². The largest absolute Gasteiger partial charge is 0.341 e. The predicted octanol–water partition coefficient (Wildman–Crippen LogP) is 21.5. The summed E-state index contributed by atoms with van der Waals surface area (Å²) in [5.41, 5.74) is 12.1. The monoisotopic (exact) mass is 885 g/mol. The minimum Gasteiger partial charge on any atom is -0.341 e. The van der Waals surface area contributed by atoms with Gasteiger partial charge in [0.05, 0.1) is 0 Å². The average molecular weight is 885 g/mol. The number of anilines is 4. The van der Waals surface area contributed by atoms with Gasteiger partial charge in [0.15, 0.2) is 0 Å². The van der Waals surface area contributed by atoms with Crippen LogP contribution in [0.5, 0.6) is 0 Å². The summed E-state index contributed by atoms with van der Waals surface area (Å²) in [7, 11) is 0. The van der Waals surface area contributed by atoms with E-state index >= 15 is 0 Å². The Hall–Kier alpha value is -6.12. The van der Waals surface area contributed by atoms with Gasteiger partial charge >= 0.3 is 0 Å². The number of hydrogen-bond acceptors (Lipinski definition) is 2. The van der Waals surface area contributed by atoms with Crippen LogP contribution in [0.1, 0.15) is 125 Å². The van der Waals surface area contributed by atoms with E-state index < -0.39 is 0 Å². The van der Waals surface area contributed by atoms with E-state index in [0.29, 0.717) is 0 Å². The molecule has 354 valence electrons. The van der Waals surface area contributed by atoms with Crippen molar-refractivity contribution < 1.29 is 0 Å². The van der Waals surface area contributed by atoms with Gasteiger partial charge in [-0.1, -0.05) is 269 Å². The van der Waals surface area contributed by atoms with Crippen LogP contribution in [0.2, 0.25) is 0 Å². The fraction of sp³-hybridized carbons (Fsp3) is 0.312. The molecule has 8 rings (SSSR count). The Morgan fingerprint density at radius 2 is 0.530 bits per heavy atom. The Bertz CT molecular complexity index is 2240. The molecule has 0 aliphatic rings. The Labute approximate surface area is 405 Å². The lowest BCUT2D eigenvalue weighted by molar-refractivity contribution is 1.02. The van der Waals surface area contributed by atoms with Crippen LogP contribution >= 0.6 is 0 Å². The molecule has 0 amide bonds. The van der Waals surface area contributed by atoms with E-state index in [2.05, 4.69) is 206 Å². The standard InChI is InChI=1S/C48H40N2.8C2H6/c1-3-49(43-29-17-15-25-39(43)35-19-7-5-8-20-35)45-33-31-37-23-11-13-27-41(37)47(45)48-42-28-14-12-24-38(42)32-34-46(48)50(4-2)44-30-18-16-26-40(44)36-21-9-6-10-22-36;8*1-2/h5-34H,3-4H2,1-2H3;8*1-2H3. The van der Waals surface area contributed by atoms with Crippen LogP contribution in [0, 0.1) is 0 Å². The number of fused-ring (bicyclic) bond motifs is 2. The summed E-state index contributed by atoms with van der Waals surface area (Å²) in [4.78, 5) is 5.01. The molecule has 0 bridgehead atoms. The highest BCUT2D eigenvalue weighted by molar-refractivity contribution is 6.15. The molecular weight excluding hydrogens is 797 g/mol. The lowest BCUT2D eigenvalue weighted by Crippen LogP contribution is -2.20. The first-order valence-corrected chi connectivity index (χ1v) is 25.6. The Morgan fingerprint density at radius 1 is 0.258 bits per heavy atom. The second kappa shape index (κ2) is 36.1. The summed E-state index contributed by atoms with van der Waals surface area (Å²) in [6, 6.07) is 66.1. The molecule has 0 aliphatic heterocycles. The summed E-state index contributed by atoms with van der Waals surface area (Å²) in [6.45, 7) is 38.1. The minimum atomic E-state index is 0.809. The van der Waals surface area contributed by atoms with Crippen LogP contribution in [0.4, 0.5) is 22.7 Å². The van der Waals surface area contributed by atoms with Crippen LogP contribution in [-0.2, 0) is 0 Å². The molecule has 0 aromatic heterocycles. The minimum absolute atomic E-state index is 0.809. The number of para-hydroxylation sites is 2. The Balaban J connectivity index is 0.00000240. The highest BCUT2D eigenvalue weighted by Gasteiger charge is 2.25. The van der Waals surface area contributed by atoms with Crippen LogP contribution in [0.3, 0.4) is 0 Å². The van der Waals surface area contributed by atoms with Crippen molar-refractivity contribution in [2.24, 2.45) is 0 Å². The molecule has 0 fully saturated rings. The van der Waals surface area contributed by atoms with Gasteiger partial charge in [0, 0.05) is 58.1 Å². The topological polar surface area (TPSA) is 6.48 Å². The first-order valence-electron chi connectivity index (χ1n) is 25.6. The SMILES string of the molecule is CC.CC.CC.CC.CC.CC.CC.CC.CCN(c1ccccc1-c1ccccc1)c1ccc2ccccc2c1-c1c(N(CC)c2ccccc2-c2ccccc2)ccc2ccccc12. The normalized spacial score (nSPS) is 9.18. The molecule has 0 unspecified atom stereocenters. The first kappa shape index (κ1) is 59.9. The molecule has 0 spiro atoms. The van der Waals surface area contributed by atoms with Crippen LogP contribution in [0.15, 0.2) is 182 Å². The first-order chi connectivity index (χ1) is 32.8. The maximum absolute atomic E-state index is 2.50. The number of benzene rings is 8. The molecule has 0 atom stereocenters. The molecule has 0 heterocycles. The van der Waals surface area contributed by atoms with Crippen LogP contribution in [0.25, 0.3) is 54.9 Å². The quantitative estimate of drug-likeness (QED) is 0.142. The third kappa shape index (κ3) is 15.0.